The van der Waals surface area contributed by atoms with E-state index in [4.69, 9.17) is 5.73 Å². The zero-order valence-electron chi connectivity index (χ0n) is 9.33. The van der Waals surface area contributed by atoms with Crippen molar-refractivity contribution in [1.82, 2.24) is 0 Å². The summed E-state index contributed by atoms with van der Waals surface area (Å²) in [5, 5.41) is 0. The highest BCUT2D eigenvalue weighted by Gasteiger charge is 2.14. The first-order valence-electron chi connectivity index (χ1n) is 5.47. The van der Waals surface area contributed by atoms with E-state index in [-0.39, 0.29) is 11.8 Å². The number of hydrogen-bond acceptors (Lipinski definition) is 3. The molecule has 1 atom stereocenters. The molecule has 3 nitrogen and oxygen atoms in total. The first-order valence-corrected chi connectivity index (χ1v) is 7.30. The lowest BCUT2D eigenvalue weighted by molar-refractivity contribution is 0.577. The van der Waals surface area contributed by atoms with Gasteiger partial charge in [-0.15, -0.1) is 0 Å². The average Bonchev–Trinajstić information content (AvgIpc) is 2.12. The summed E-state index contributed by atoms with van der Waals surface area (Å²) >= 11 is 0. The third kappa shape index (κ3) is 7.33. The van der Waals surface area contributed by atoms with Crippen LogP contribution in [0, 0.1) is 0 Å². The van der Waals surface area contributed by atoms with Crippen LogP contribution in [0.3, 0.4) is 0 Å². The molecule has 0 aromatic carbocycles. The highest BCUT2D eigenvalue weighted by atomic mass is 32.2. The van der Waals surface area contributed by atoms with Crippen LogP contribution >= 0.6 is 0 Å². The molecule has 0 bridgehead atoms. The Bertz CT molecular complexity index is 224. The smallest absolute Gasteiger partial charge is 0.151 e. The van der Waals surface area contributed by atoms with Crippen molar-refractivity contribution in [3.63, 3.8) is 0 Å². The standard InChI is InChI=1S/C10H23NO2S/c1-3-5-6-7-8-14(12,13)9-10(11)4-2/h10H,3-9,11H2,1-2H3. The summed E-state index contributed by atoms with van der Waals surface area (Å²) in [5.74, 6) is 0.455. The first kappa shape index (κ1) is 13.9. The van der Waals surface area contributed by atoms with Crippen molar-refractivity contribution >= 4 is 9.84 Å². The van der Waals surface area contributed by atoms with Gasteiger partial charge in [0.05, 0.1) is 11.5 Å². The molecule has 0 aliphatic carbocycles. The van der Waals surface area contributed by atoms with Crippen LogP contribution in [-0.2, 0) is 9.84 Å². The minimum absolute atomic E-state index is 0.148. The van der Waals surface area contributed by atoms with Gasteiger partial charge in [0.1, 0.15) is 0 Å². The maximum absolute atomic E-state index is 11.5. The van der Waals surface area contributed by atoms with Crippen LogP contribution < -0.4 is 5.73 Å². The lowest BCUT2D eigenvalue weighted by Crippen LogP contribution is -2.30. The van der Waals surface area contributed by atoms with E-state index in [1.165, 1.54) is 0 Å². The van der Waals surface area contributed by atoms with Gasteiger partial charge in [-0.2, -0.15) is 0 Å². The van der Waals surface area contributed by atoms with Crippen LogP contribution in [0.2, 0.25) is 0 Å². The van der Waals surface area contributed by atoms with Gasteiger partial charge in [0.15, 0.2) is 9.84 Å². The third-order valence-corrected chi connectivity index (χ3v) is 4.15. The molecule has 0 amide bonds. The summed E-state index contributed by atoms with van der Waals surface area (Å²) < 4.78 is 23.0. The highest BCUT2D eigenvalue weighted by molar-refractivity contribution is 7.91. The van der Waals surface area contributed by atoms with Gasteiger partial charge in [0.2, 0.25) is 0 Å². The van der Waals surface area contributed by atoms with Crippen LogP contribution in [-0.4, -0.2) is 26.0 Å². The van der Waals surface area contributed by atoms with Gasteiger partial charge in [0, 0.05) is 6.04 Å². The molecule has 0 heterocycles. The fourth-order valence-electron chi connectivity index (χ4n) is 1.28. The Morgan fingerprint density at radius 1 is 1.14 bits per heavy atom. The summed E-state index contributed by atoms with van der Waals surface area (Å²) in [6.07, 6.45) is 4.78. The predicted molar refractivity (Wildman–Crippen MR) is 61.1 cm³/mol. The van der Waals surface area contributed by atoms with E-state index in [0.717, 1.165) is 32.1 Å². The largest absolute Gasteiger partial charge is 0.327 e. The molecule has 0 rings (SSSR count). The number of rotatable bonds is 8. The molecule has 4 heteroatoms. The Balaban J connectivity index is 3.73. The van der Waals surface area contributed by atoms with E-state index in [2.05, 4.69) is 6.92 Å². The van der Waals surface area contributed by atoms with Gasteiger partial charge in [0.25, 0.3) is 0 Å². The quantitative estimate of drug-likeness (QED) is 0.635. The van der Waals surface area contributed by atoms with Crippen molar-refractivity contribution in [2.75, 3.05) is 11.5 Å². The van der Waals surface area contributed by atoms with Crippen LogP contribution in [0.25, 0.3) is 0 Å². The second kappa shape index (κ2) is 7.23. The molecule has 0 spiro atoms. The lowest BCUT2D eigenvalue weighted by atomic mass is 10.2. The van der Waals surface area contributed by atoms with Gasteiger partial charge in [-0.3, -0.25) is 0 Å². The van der Waals surface area contributed by atoms with Crippen molar-refractivity contribution in [2.24, 2.45) is 5.73 Å². The minimum Gasteiger partial charge on any atom is -0.327 e. The van der Waals surface area contributed by atoms with Crippen molar-refractivity contribution in [1.29, 1.82) is 0 Å². The summed E-state index contributed by atoms with van der Waals surface area (Å²) in [6, 6.07) is -0.189. The molecule has 0 fully saturated rings. The van der Waals surface area contributed by atoms with Gasteiger partial charge in [-0.05, 0) is 12.8 Å². The first-order chi connectivity index (χ1) is 6.52. The van der Waals surface area contributed by atoms with E-state index < -0.39 is 9.84 Å². The van der Waals surface area contributed by atoms with Crippen molar-refractivity contribution in [2.45, 2.75) is 52.0 Å². The lowest BCUT2D eigenvalue weighted by Gasteiger charge is -2.09. The topological polar surface area (TPSA) is 60.2 Å². The van der Waals surface area contributed by atoms with E-state index >= 15 is 0 Å². The molecule has 0 saturated carbocycles. The summed E-state index contributed by atoms with van der Waals surface area (Å²) in [4.78, 5) is 0. The molecular weight excluding hydrogens is 198 g/mol. The Morgan fingerprint density at radius 2 is 1.79 bits per heavy atom. The van der Waals surface area contributed by atoms with E-state index in [1.807, 2.05) is 6.92 Å². The fraction of sp³-hybridized carbons (Fsp3) is 1.00. The van der Waals surface area contributed by atoms with Gasteiger partial charge in [-0.25, -0.2) is 8.42 Å². The molecule has 14 heavy (non-hydrogen) atoms. The monoisotopic (exact) mass is 221 g/mol. The van der Waals surface area contributed by atoms with Gasteiger partial charge >= 0.3 is 0 Å². The van der Waals surface area contributed by atoms with Crippen molar-refractivity contribution < 1.29 is 8.42 Å². The molecule has 0 radical (unpaired) electrons. The Hall–Kier alpha value is -0.0900. The number of sulfone groups is 1. The zero-order chi connectivity index (χ0) is 11.0. The summed E-state index contributed by atoms with van der Waals surface area (Å²) in [6.45, 7) is 4.03. The van der Waals surface area contributed by atoms with E-state index in [9.17, 15) is 8.42 Å². The molecular formula is C10H23NO2S. The summed E-state index contributed by atoms with van der Waals surface area (Å²) in [5.41, 5.74) is 5.61. The highest BCUT2D eigenvalue weighted by Crippen LogP contribution is 2.04. The molecule has 2 N–H and O–H groups in total. The van der Waals surface area contributed by atoms with Gasteiger partial charge in [-0.1, -0.05) is 33.1 Å². The van der Waals surface area contributed by atoms with Gasteiger partial charge < -0.3 is 5.73 Å². The molecule has 1 unspecified atom stereocenters. The molecule has 86 valence electrons. The molecule has 0 aliphatic heterocycles. The van der Waals surface area contributed by atoms with E-state index in [1.54, 1.807) is 0 Å². The number of unbranched alkanes of at least 4 members (excludes halogenated alkanes) is 3. The Kier molecular flexibility index (Phi) is 7.19. The second-order valence-electron chi connectivity index (χ2n) is 3.84. The number of hydrogen-bond donors (Lipinski definition) is 1. The zero-order valence-corrected chi connectivity index (χ0v) is 10.1. The van der Waals surface area contributed by atoms with Crippen LogP contribution in [0.4, 0.5) is 0 Å². The molecule has 0 aromatic heterocycles. The molecule has 0 saturated heterocycles. The summed E-state index contributed by atoms with van der Waals surface area (Å²) in [7, 11) is -2.90. The normalized spacial score (nSPS) is 14.2. The van der Waals surface area contributed by atoms with E-state index in [0.29, 0.717) is 5.75 Å². The molecule has 0 aromatic rings. The Morgan fingerprint density at radius 3 is 2.29 bits per heavy atom. The second-order valence-corrected chi connectivity index (χ2v) is 6.07. The maximum atomic E-state index is 11.5. The minimum atomic E-state index is -2.90. The number of nitrogens with two attached hydrogens (primary N) is 1. The fourth-order valence-corrected chi connectivity index (χ4v) is 2.97. The van der Waals surface area contributed by atoms with Crippen molar-refractivity contribution in [3.05, 3.63) is 0 Å². The van der Waals surface area contributed by atoms with Crippen LogP contribution in [0.1, 0.15) is 46.0 Å². The third-order valence-electron chi connectivity index (χ3n) is 2.30. The van der Waals surface area contributed by atoms with Crippen LogP contribution in [0.5, 0.6) is 0 Å². The van der Waals surface area contributed by atoms with Crippen LogP contribution in [0.15, 0.2) is 0 Å². The SMILES string of the molecule is CCCCCCS(=O)(=O)CC(N)CC. The maximum Gasteiger partial charge on any atom is 0.151 e. The predicted octanol–water partition coefficient (Wildman–Crippen LogP) is 1.72. The Labute approximate surface area is 88.0 Å². The van der Waals surface area contributed by atoms with Crippen molar-refractivity contribution in [3.8, 4) is 0 Å². The average molecular weight is 221 g/mol. The molecule has 0 aliphatic rings.